The maximum Gasteiger partial charge on any atom is 0.290 e. The zero-order chi connectivity index (χ0) is 23.5. The van der Waals surface area contributed by atoms with Gasteiger partial charge in [0.15, 0.2) is 17.3 Å². The molecule has 0 bridgehead atoms. The Morgan fingerprint density at radius 1 is 1.09 bits per heavy atom. The Morgan fingerprint density at radius 2 is 1.76 bits per heavy atom. The predicted molar refractivity (Wildman–Crippen MR) is 125 cm³/mol. The number of aliphatic hydroxyl groups excluding tert-OH is 1. The molecule has 8 nitrogen and oxygen atoms in total. The fourth-order valence-electron chi connectivity index (χ4n) is 4.52. The van der Waals surface area contributed by atoms with Gasteiger partial charge in [-0.3, -0.25) is 9.59 Å². The van der Waals surface area contributed by atoms with E-state index in [0.29, 0.717) is 40.8 Å². The third-order valence-corrected chi connectivity index (χ3v) is 7.02. The first-order valence-corrected chi connectivity index (χ1v) is 11.7. The van der Waals surface area contributed by atoms with Crippen LogP contribution in [0.4, 0.5) is 0 Å². The largest absolute Gasteiger partial charge is 0.503 e. The monoisotopic (exact) mass is 472 g/mol. The molecule has 1 aromatic heterocycles. The Morgan fingerprint density at radius 3 is 2.30 bits per heavy atom. The van der Waals surface area contributed by atoms with Gasteiger partial charge in [0.1, 0.15) is 0 Å². The summed E-state index contributed by atoms with van der Waals surface area (Å²) in [5, 5.41) is 12.6. The van der Waals surface area contributed by atoms with Crippen molar-refractivity contribution in [1.29, 1.82) is 0 Å². The number of aliphatic hydroxyl groups is 1. The van der Waals surface area contributed by atoms with Crippen molar-refractivity contribution < 1.29 is 28.9 Å². The SMILES string of the molecule is COc1cc([C@H]2C(C(=O)c3cccs3)=C(O)C(=O)N2CCN2CCCC2)cc(OC)c1OC. The number of hydrogen-bond donors (Lipinski definition) is 1. The van der Waals surface area contributed by atoms with E-state index >= 15 is 0 Å². The minimum atomic E-state index is -0.775. The van der Waals surface area contributed by atoms with Crippen LogP contribution in [0.2, 0.25) is 0 Å². The molecule has 1 atom stereocenters. The van der Waals surface area contributed by atoms with Crippen molar-refractivity contribution in [1.82, 2.24) is 9.80 Å². The van der Waals surface area contributed by atoms with E-state index in [1.165, 1.54) is 32.7 Å². The number of thiophene rings is 1. The number of Topliss-reactive ketones (excluding diaryl/α,β-unsaturated/α-hetero) is 1. The number of methoxy groups -OCH3 is 3. The zero-order valence-electron chi connectivity index (χ0n) is 19.0. The van der Waals surface area contributed by atoms with E-state index in [0.717, 1.165) is 25.9 Å². The number of ether oxygens (including phenoxy) is 3. The molecule has 2 aromatic rings. The van der Waals surface area contributed by atoms with Crippen molar-refractivity contribution in [2.24, 2.45) is 0 Å². The Hall–Kier alpha value is -3.04. The summed E-state index contributed by atoms with van der Waals surface area (Å²) in [6.45, 7) is 3.01. The lowest BCUT2D eigenvalue weighted by Gasteiger charge is -2.29. The molecule has 176 valence electrons. The lowest BCUT2D eigenvalue weighted by atomic mass is 9.94. The topological polar surface area (TPSA) is 88.5 Å². The number of likely N-dealkylation sites (tertiary alicyclic amines) is 1. The molecule has 0 aliphatic carbocycles. The Kier molecular flexibility index (Phi) is 6.90. The van der Waals surface area contributed by atoms with E-state index < -0.39 is 17.7 Å². The summed E-state index contributed by atoms with van der Waals surface area (Å²) in [7, 11) is 4.53. The first kappa shape index (κ1) is 23.1. The minimum absolute atomic E-state index is 0.0677. The van der Waals surface area contributed by atoms with Crippen molar-refractivity contribution in [2.45, 2.75) is 18.9 Å². The summed E-state index contributed by atoms with van der Waals surface area (Å²) in [5.41, 5.74) is 0.668. The van der Waals surface area contributed by atoms with E-state index in [2.05, 4.69) is 4.90 Å². The first-order chi connectivity index (χ1) is 16.0. The number of nitrogens with zero attached hydrogens (tertiary/aromatic N) is 2. The quantitative estimate of drug-likeness (QED) is 0.559. The average Bonchev–Trinajstić information content (AvgIpc) is 3.59. The van der Waals surface area contributed by atoms with Crippen molar-refractivity contribution >= 4 is 23.0 Å². The number of carbonyl (C=O) groups is 2. The van der Waals surface area contributed by atoms with Gasteiger partial charge in [0, 0.05) is 13.1 Å². The van der Waals surface area contributed by atoms with Gasteiger partial charge in [-0.15, -0.1) is 11.3 Å². The highest BCUT2D eigenvalue weighted by atomic mass is 32.1. The molecule has 1 amide bonds. The smallest absolute Gasteiger partial charge is 0.290 e. The second kappa shape index (κ2) is 9.84. The van der Waals surface area contributed by atoms with Gasteiger partial charge in [-0.1, -0.05) is 6.07 Å². The number of ketones is 1. The second-order valence-corrected chi connectivity index (χ2v) is 8.92. The van der Waals surface area contributed by atoms with Crippen LogP contribution in [0.5, 0.6) is 17.2 Å². The number of rotatable bonds is 9. The number of benzene rings is 1. The van der Waals surface area contributed by atoms with Gasteiger partial charge in [0.05, 0.1) is 37.8 Å². The molecule has 4 rings (SSSR count). The molecule has 2 aliphatic heterocycles. The van der Waals surface area contributed by atoms with Crippen LogP contribution in [0.3, 0.4) is 0 Å². The Bertz CT molecular complexity index is 1030. The van der Waals surface area contributed by atoms with E-state index in [4.69, 9.17) is 14.2 Å². The number of hydrogen-bond acceptors (Lipinski definition) is 8. The zero-order valence-corrected chi connectivity index (χ0v) is 19.8. The van der Waals surface area contributed by atoms with Crippen LogP contribution in [0.1, 0.15) is 34.1 Å². The van der Waals surface area contributed by atoms with E-state index in [9.17, 15) is 14.7 Å². The van der Waals surface area contributed by atoms with Gasteiger partial charge in [0.2, 0.25) is 11.5 Å². The van der Waals surface area contributed by atoms with E-state index in [1.807, 2.05) is 0 Å². The van der Waals surface area contributed by atoms with Gasteiger partial charge in [-0.25, -0.2) is 0 Å². The van der Waals surface area contributed by atoms with Crippen molar-refractivity contribution in [2.75, 3.05) is 47.5 Å². The highest BCUT2D eigenvalue weighted by molar-refractivity contribution is 7.12. The highest BCUT2D eigenvalue weighted by Gasteiger charge is 2.44. The number of amides is 1. The molecule has 1 fully saturated rings. The van der Waals surface area contributed by atoms with Crippen LogP contribution in [-0.2, 0) is 4.79 Å². The second-order valence-electron chi connectivity index (χ2n) is 7.98. The summed E-state index contributed by atoms with van der Waals surface area (Å²) in [5.74, 6) is -0.183. The van der Waals surface area contributed by atoms with Gasteiger partial charge < -0.3 is 29.1 Å². The molecule has 3 heterocycles. The molecule has 1 saturated heterocycles. The van der Waals surface area contributed by atoms with Crippen molar-refractivity contribution in [3.05, 3.63) is 51.4 Å². The standard InChI is InChI=1S/C24H28N2O6S/c1-30-16-13-15(14-17(31-2)23(16)32-3)20-19(21(27)18-7-6-12-33-18)22(28)24(29)26(20)11-10-25-8-4-5-9-25/h6-7,12-14,20,28H,4-5,8-11H2,1-3H3/t20-/m0/s1. The lowest BCUT2D eigenvalue weighted by Crippen LogP contribution is -2.38. The van der Waals surface area contributed by atoms with Gasteiger partial charge >= 0.3 is 0 Å². The van der Waals surface area contributed by atoms with Gasteiger partial charge in [-0.05, 0) is 55.1 Å². The third kappa shape index (κ3) is 4.30. The van der Waals surface area contributed by atoms with Gasteiger partial charge in [0.25, 0.3) is 5.91 Å². The fourth-order valence-corrected chi connectivity index (χ4v) is 5.20. The third-order valence-electron chi connectivity index (χ3n) is 6.15. The van der Waals surface area contributed by atoms with Crippen molar-refractivity contribution in [3.8, 4) is 17.2 Å². The fraction of sp³-hybridized carbons (Fsp3) is 0.417. The lowest BCUT2D eigenvalue weighted by molar-refractivity contribution is -0.129. The molecule has 9 heteroatoms. The summed E-state index contributed by atoms with van der Waals surface area (Å²) in [6.07, 6.45) is 2.27. The maximum atomic E-state index is 13.4. The van der Waals surface area contributed by atoms with Crippen LogP contribution in [0, 0.1) is 0 Å². The van der Waals surface area contributed by atoms with Crippen molar-refractivity contribution in [3.63, 3.8) is 0 Å². The van der Waals surface area contributed by atoms with Crippen LogP contribution in [0.15, 0.2) is 41.0 Å². The summed E-state index contributed by atoms with van der Waals surface area (Å²) in [6, 6.07) is 6.14. The molecule has 1 N–H and O–H groups in total. The Balaban J connectivity index is 1.79. The molecule has 1 aromatic carbocycles. The van der Waals surface area contributed by atoms with Crippen LogP contribution in [0.25, 0.3) is 0 Å². The normalized spacial score (nSPS) is 18.8. The molecule has 0 unspecified atom stereocenters. The minimum Gasteiger partial charge on any atom is -0.503 e. The molecule has 2 aliphatic rings. The Labute approximate surface area is 197 Å². The molecular weight excluding hydrogens is 444 g/mol. The average molecular weight is 473 g/mol. The molecule has 0 radical (unpaired) electrons. The van der Waals surface area contributed by atoms with Crippen LogP contribution >= 0.6 is 11.3 Å². The van der Waals surface area contributed by atoms with Crippen LogP contribution in [-0.4, -0.2) is 74.1 Å². The maximum absolute atomic E-state index is 13.4. The molecular formula is C24H28N2O6S. The molecule has 0 spiro atoms. The first-order valence-electron chi connectivity index (χ1n) is 10.8. The highest BCUT2D eigenvalue weighted by Crippen LogP contribution is 2.45. The van der Waals surface area contributed by atoms with Gasteiger partial charge in [-0.2, -0.15) is 0 Å². The number of carbonyl (C=O) groups excluding carboxylic acids is 2. The predicted octanol–water partition coefficient (Wildman–Crippen LogP) is 3.45. The molecule has 0 saturated carbocycles. The van der Waals surface area contributed by atoms with Crippen LogP contribution < -0.4 is 14.2 Å². The summed E-state index contributed by atoms with van der Waals surface area (Å²) >= 11 is 1.27. The summed E-state index contributed by atoms with van der Waals surface area (Å²) in [4.78, 5) is 30.9. The summed E-state index contributed by atoms with van der Waals surface area (Å²) < 4.78 is 16.4. The van der Waals surface area contributed by atoms with E-state index in [1.54, 1.807) is 34.5 Å². The van der Waals surface area contributed by atoms with E-state index in [-0.39, 0.29) is 11.4 Å². The molecule has 33 heavy (non-hydrogen) atoms.